The summed E-state index contributed by atoms with van der Waals surface area (Å²) in [5, 5.41) is 18.6. The van der Waals surface area contributed by atoms with Crippen LogP contribution in [0.5, 0.6) is 0 Å². The maximum atomic E-state index is 12.2. The average Bonchev–Trinajstić information content (AvgIpc) is 3.39. The molecule has 2 aliphatic heterocycles. The Labute approximate surface area is 159 Å². The summed E-state index contributed by atoms with van der Waals surface area (Å²) < 4.78 is 1.80. The van der Waals surface area contributed by atoms with Crippen LogP contribution >= 0.6 is 0 Å². The van der Waals surface area contributed by atoms with Crippen molar-refractivity contribution in [1.29, 1.82) is 0 Å². The van der Waals surface area contributed by atoms with Crippen molar-refractivity contribution in [2.75, 3.05) is 26.2 Å². The van der Waals surface area contributed by atoms with Crippen molar-refractivity contribution < 1.29 is 4.79 Å². The van der Waals surface area contributed by atoms with Gasteiger partial charge in [0.15, 0.2) is 5.82 Å². The minimum atomic E-state index is 0.000178. The first kappa shape index (κ1) is 18.1. The summed E-state index contributed by atoms with van der Waals surface area (Å²) in [5.74, 6) is 1.48. The number of hydrogen-bond donors (Lipinski definition) is 2. The second-order valence-electron chi connectivity index (χ2n) is 7.48. The quantitative estimate of drug-likeness (QED) is 0.781. The Bertz CT molecular complexity index is 742. The molecule has 2 atom stereocenters. The van der Waals surface area contributed by atoms with Crippen molar-refractivity contribution in [3.8, 4) is 5.69 Å². The summed E-state index contributed by atoms with van der Waals surface area (Å²) in [6, 6.07) is 9.97. The van der Waals surface area contributed by atoms with E-state index in [1.54, 1.807) is 4.68 Å². The Balaban J connectivity index is 1.31. The van der Waals surface area contributed by atoms with Crippen molar-refractivity contribution in [2.24, 2.45) is 5.92 Å². The van der Waals surface area contributed by atoms with Crippen LogP contribution in [0.2, 0.25) is 0 Å². The number of para-hydroxylation sites is 1. The van der Waals surface area contributed by atoms with Gasteiger partial charge in [0, 0.05) is 13.1 Å². The predicted molar refractivity (Wildman–Crippen MR) is 101 cm³/mol. The van der Waals surface area contributed by atoms with E-state index in [4.69, 9.17) is 0 Å². The zero-order chi connectivity index (χ0) is 18.5. The molecule has 0 radical (unpaired) electrons. The summed E-state index contributed by atoms with van der Waals surface area (Å²) in [6.45, 7) is 4.41. The summed E-state index contributed by atoms with van der Waals surface area (Å²) in [6.07, 6.45) is 4.32. The number of carbonyl (C=O) groups excluding carboxylic acids is 1. The molecule has 8 nitrogen and oxygen atoms in total. The number of rotatable bonds is 6. The Kier molecular flexibility index (Phi) is 5.74. The Morgan fingerprint density at radius 1 is 1.22 bits per heavy atom. The number of carbonyl (C=O) groups is 1. The van der Waals surface area contributed by atoms with Crippen molar-refractivity contribution in [3.63, 3.8) is 0 Å². The fourth-order valence-corrected chi connectivity index (χ4v) is 4.01. The lowest BCUT2D eigenvalue weighted by Crippen LogP contribution is -2.45. The van der Waals surface area contributed by atoms with E-state index in [0.717, 1.165) is 69.9 Å². The summed E-state index contributed by atoms with van der Waals surface area (Å²) in [5.41, 5.74) is 0.974. The Hall–Kier alpha value is -2.32. The largest absolute Gasteiger partial charge is 0.354 e. The number of hydrogen-bond acceptors (Lipinski definition) is 6. The molecule has 3 heterocycles. The normalized spacial score (nSPS) is 23.4. The molecule has 144 valence electrons. The van der Waals surface area contributed by atoms with E-state index in [1.165, 1.54) is 0 Å². The molecule has 27 heavy (non-hydrogen) atoms. The molecule has 2 aromatic rings. The van der Waals surface area contributed by atoms with Crippen LogP contribution in [-0.2, 0) is 11.3 Å². The predicted octanol–water partition coefficient (Wildman–Crippen LogP) is 0.743. The van der Waals surface area contributed by atoms with E-state index in [0.29, 0.717) is 5.92 Å². The SMILES string of the molecule is O=C(NCC1CCCN(Cc2nnnn2-c2ccccc2)C1)C1CCCN1. The molecular formula is C19H27N7O. The van der Waals surface area contributed by atoms with Crippen LogP contribution in [0.25, 0.3) is 5.69 Å². The standard InChI is InChI=1S/C19H27N7O/c27-19(17-9-4-10-20-17)21-12-15-6-5-11-25(13-15)14-18-22-23-24-26(18)16-7-2-1-3-8-16/h1-3,7-8,15,17,20H,4-6,9-14H2,(H,21,27). The molecule has 1 aromatic carbocycles. The van der Waals surface area contributed by atoms with Crippen LogP contribution in [0.3, 0.4) is 0 Å². The summed E-state index contributed by atoms with van der Waals surface area (Å²) in [4.78, 5) is 14.6. The van der Waals surface area contributed by atoms with Crippen LogP contribution in [0, 0.1) is 5.92 Å². The molecule has 2 unspecified atom stereocenters. The highest BCUT2D eigenvalue weighted by molar-refractivity contribution is 5.81. The van der Waals surface area contributed by atoms with E-state index in [-0.39, 0.29) is 11.9 Å². The van der Waals surface area contributed by atoms with E-state index in [1.807, 2.05) is 30.3 Å². The third-order valence-corrected chi connectivity index (χ3v) is 5.44. The second kappa shape index (κ2) is 8.58. The molecule has 1 aromatic heterocycles. The number of amides is 1. The van der Waals surface area contributed by atoms with E-state index < -0.39 is 0 Å². The lowest BCUT2D eigenvalue weighted by atomic mass is 9.98. The lowest BCUT2D eigenvalue weighted by molar-refractivity contribution is -0.123. The van der Waals surface area contributed by atoms with Gasteiger partial charge in [-0.2, -0.15) is 4.68 Å². The average molecular weight is 369 g/mol. The number of likely N-dealkylation sites (tertiary alicyclic amines) is 1. The van der Waals surface area contributed by atoms with E-state index in [9.17, 15) is 4.79 Å². The van der Waals surface area contributed by atoms with Gasteiger partial charge in [-0.3, -0.25) is 9.69 Å². The van der Waals surface area contributed by atoms with Crippen LogP contribution in [0.1, 0.15) is 31.5 Å². The number of piperidine rings is 1. The highest BCUT2D eigenvalue weighted by atomic mass is 16.2. The molecule has 0 aliphatic carbocycles. The number of aromatic nitrogens is 4. The van der Waals surface area contributed by atoms with Gasteiger partial charge < -0.3 is 10.6 Å². The third-order valence-electron chi connectivity index (χ3n) is 5.44. The van der Waals surface area contributed by atoms with Gasteiger partial charge in [-0.1, -0.05) is 18.2 Å². The number of tetrazole rings is 1. The smallest absolute Gasteiger partial charge is 0.237 e. The molecular weight excluding hydrogens is 342 g/mol. The number of benzene rings is 1. The first-order valence-corrected chi connectivity index (χ1v) is 9.86. The number of nitrogens with zero attached hydrogens (tertiary/aromatic N) is 5. The Morgan fingerprint density at radius 2 is 2.11 bits per heavy atom. The summed E-state index contributed by atoms with van der Waals surface area (Å²) in [7, 11) is 0. The summed E-state index contributed by atoms with van der Waals surface area (Å²) >= 11 is 0. The van der Waals surface area contributed by atoms with Gasteiger partial charge in [0.1, 0.15) is 0 Å². The second-order valence-corrected chi connectivity index (χ2v) is 7.48. The molecule has 0 bridgehead atoms. The van der Waals surface area contributed by atoms with Crippen LogP contribution in [0.15, 0.2) is 30.3 Å². The van der Waals surface area contributed by atoms with Gasteiger partial charge in [0.05, 0.1) is 18.3 Å². The van der Waals surface area contributed by atoms with E-state index in [2.05, 4.69) is 31.1 Å². The highest BCUT2D eigenvalue weighted by Gasteiger charge is 2.25. The highest BCUT2D eigenvalue weighted by Crippen LogP contribution is 2.18. The molecule has 2 fully saturated rings. The minimum absolute atomic E-state index is 0.000178. The number of nitrogens with one attached hydrogen (secondary N) is 2. The maximum absolute atomic E-state index is 12.2. The third kappa shape index (κ3) is 4.51. The zero-order valence-corrected chi connectivity index (χ0v) is 15.5. The first-order chi connectivity index (χ1) is 13.3. The van der Waals surface area contributed by atoms with Crippen molar-refractivity contribution in [1.82, 2.24) is 35.7 Å². The fraction of sp³-hybridized carbons (Fsp3) is 0.579. The minimum Gasteiger partial charge on any atom is -0.354 e. The maximum Gasteiger partial charge on any atom is 0.237 e. The van der Waals surface area contributed by atoms with Crippen molar-refractivity contribution in [3.05, 3.63) is 36.2 Å². The fourth-order valence-electron chi connectivity index (χ4n) is 4.01. The molecule has 0 spiro atoms. The van der Waals surface area contributed by atoms with Crippen LogP contribution in [0.4, 0.5) is 0 Å². The van der Waals surface area contributed by atoms with Crippen LogP contribution < -0.4 is 10.6 Å². The molecule has 4 rings (SSSR count). The molecule has 8 heteroatoms. The zero-order valence-electron chi connectivity index (χ0n) is 15.5. The van der Waals surface area contributed by atoms with Gasteiger partial charge in [-0.25, -0.2) is 0 Å². The molecule has 2 saturated heterocycles. The van der Waals surface area contributed by atoms with Gasteiger partial charge in [0.2, 0.25) is 5.91 Å². The van der Waals surface area contributed by atoms with Crippen LogP contribution in [-0.4, -0.2) is 63.2 Å². The topological polar surface area (TPSA) is 88.0 Å². The molecule has 1 amide bonds. The van der Waals surface area contributed by atoms with Crippen molar-refractivity contribution in [2.45, 2.75) is 38.3 Å². The van der Waals surface area contributed by atoms with Gasteiger partial charge in [-0.15, -0.1) is 5.10 Å². The van der Waals surface area contributed by atoms with Gasteiger partial charge in [-0.05, 0) is 67.3 Å². The van der Waals surface area contributed by atoms with Gasteiger partial charge in [0.25, 0.3) is 0 Å². The Morgan fingerprint density at radius 3 is 2.93 bits per heavy atom. The van der Waals surface area contributed by atoms with Gasteiger partial charge >= 0.3 is 0 Å². The molecule has 0 saturated carbocycles. The molecule has 2 aliphatic rings. The molecule has 2 N–H and O–H groups in total. The first-order valence-electron chi connectivity index (χ1n) is 9.86. The lowest BCUT2D eigenvalue weighted by Gasteiger charge is -2.32. The van der Waals surface area contributed by atoms with E-state index >= 15 is 0 Å². The van der Waals surface area contributed by atoms with Crippen molar-refractivity contribution >= 4 is 5.91 Å². The monoisotopic (exact) mass is 369 g/mol.